The third-order valence-corrected chi connectivity index (χ3v) is 2.08. The van der Waals surface area contributed by atoms with Gasteiger partial charge in [-0.15, -0.1) is 0 Å². The van der Waals surface area contributed by atoms with Crippen LogP contribution in [0.3, 0.4) is 0 Å². The Morgan fingerprint density at radius 1 is 1.06 bits per heavy atom. The molecule has 1 aromatic heterocycles. The molecule has 0 aliphatic rings. The van der Waals surface area contributed by atoms with Gasteiger partial charge in [0.25, 0.3) is 0 Å². The van der Waals surface area contributed by atoms with Crippen LogP contribution in [0.5, 0.6) is 0 Å². The van der Waals surface area contributed by atoms with E-state index in [0.29, 0.717) is 0 Å². The van der Waals surface area contributed by atoms with Gasteiger partial charge in [0, 0.05) is 18.6 Å². The first-order valence-corrected chi connectivity index (χ1v) is 5.66. The number of pyridine rings is 1. The molecule has 0 N–H and O–H groups in total. The zero-order valence-electron chi connectivity index (χ0n) is 10.2. The lowest BCUT2D eigenvalue weighted by atomic mass is 10.2. The molecule has 0 amide bonds. The zero-order chi connectivity index (χ0) is 13.3. The van der Waals surface area contributed by atoms with Crippen LogP contribution < -0.4 is 4.57 Å². The number of aryl methyl sites for hydroxylation is 2. The molecule has 1 aromatic rings. The molecule has 0 aliphatic heterocycles. The summed E-state index contributed by atoms with van der Waals surface area (Å²) in [5, 5.41) is 0. The molecule has 0 fully saturated rings. The van der Waals surface area contributed by atoms with Gasteiger partial charge in [-0.2, -0.15) is 0 Å². The second-order valence-electron chi connectivity index (χ2n) is 3.82. The molecule has 0 unspecified atom stereocenters. The summed E-state index contributed by atoms with van der Waals surface area (Å²) in [6, 6.07) is 4.32. The van der Waals surface area contributed by atoms with E-state index in [-0.39, 0.29) is 0 Å². The Hall–Kier alpha value is -1.07. The fourth-order valence-corrected chi connectivity index (χ4v) is 1.23. The van der Waals surface area contributed by atoms with E-state index in [1.807, 2.05) is 0 Å². The number of aromatic nitrogens is 1. The van der Waals surface area contributed by atoms with Gasteiger partial charge in [0.1, 0.15) is 6.54 Å². The van der Waals surface area contributed by atoms with Gasteiger partial charge in [0.2, 0.25) is 0 Å². The quantitative estimate of drug-likeness (QED) is 0.332. The summed E-state index contributed by atoms with van der Waals surface area (Å²) >= 11 is 0. The summed E-state index contributed by atoms with van der Waals surface area (Å²) in [4.78, 5) is 0. The third kappa shape index (κ3) is 12.9. The van der Waals surface area contributed by atoms with Gasteiger partial charge in [-0.05, 0) is 18.9 Å². The highest BCUT2D eigenvalue weighted by molar-refractivity contribution is 6.50. The Morgan fingerprint density at radius 2 is 1.53 bits per heavy atom. The molecule has 1 rings (SSSR count). The molecule has 0 aliphatic carbocycles. The van der Waals surface area contributed by atoms with Gasteiger partial charge in [0.05, 0.1) is 0 Å². The second-order valence-corrected chi connectivity index (χ2v) is 3.82. The average molecular weight is 251 g/mol. The first kappa shape index (κ1) is 15.9. The largest absolute Gasteiger partial charge is 0.673 e. The number of unbranched alkanes of at least 4 members (excludes halogenated alkanes) is 2. The Kier molecular flexibility index (Phi) is 7.58. The molecule has 0 bridgehead atoms. The van der Waals surface area contributed by atoms with Crippen molar-refractivity contribution in [2.45, 2.75) is 39.7 Å². The zero-order valence-corrected chi connectivity index (χ0v) is 10.2. The van der Waals surface area contributed by atoms with E-state index in [1.54, 1.807) is 0 Å². The van der Waals surface area contributed by atoms with Crippen molar-refractivity contribution in [2.24, 2.45) is 0 Å². The molecule has 0 atom stereocenters. The summed E-state index contributed by atoms with van der Waals surface area (Å²) in [7, 11) is -6.00. The van der Waals surface area contributed by atoms with Crippen molar-refractivity contribution in [1.82, 2.24) is 0 Å². The fraction of sp³-hybridized carbons (Fsp3) is 0.545. The maximum absolute atomic E-state index is 9.75. The van der Waals surface area contributed by atoms with Crippen molar-refractivity contribution in [3.8, 4) is 0 Å². The van der Waals surface area contributed by atoms with Crippen LogP contribution in [0.1, 0.15) is 31.7 Å². The van der Waals surface area contributed by atoms with Crippen LogP contribution in [0.4, 0.5) is 17.3 Å². The summed E-state index contributed by atoms with van der Waals surface area (Å²) in [6.45, 7) is 5.52. The highest BCUT2D eigenvalue weighted by Crippen LogP contribution is 2.06. The lowest BCUT2D eigenvalue weighted by molar-refractivity contribution is -0.697. The van der Waals surface area contributed by atoms with Gasteiger partial charge < -0.3 is 17.3 Å². The van der Waals surface area contributed by atoms with E-state index in [1.165, 1.54) is 24.8 Å². The molecule has 0 aromatic carbocycles. The van der Waals surface area contributed by atoms with Crippen molar-refractivity contribution in [3.05, 3.63) is 30.1 Å². The highest BCUT2D eigenvalue weighted by Gasteiger charge is 2.20. The van der Waals surface area contributed by atoms with Crippen LogP contribution >= 0.6 is 0 Å². The number of rotatable bonds is 4. The topological polar surface area (TPSA) is 3.88 Å². The maximum atomic E-state index is 9.75. The molecular formula is C11H18BF4N. The lowest BCUT2D eigenvalue weighted by Gasteiger charge is -1.95. The van der Waals surface area contributed by atoms with E-state index in [4.69, 9.17) is 0 Å². The predicted molar refractivity (Wildman–Crippen MR) is 61.1 cm³/mol. The third-order valence-electron chi connectivity index (χ3n) is 2.08. The maximum Gasteiger partial charge on any atom is 0.673 e. The van der Waals surface area contributed by atoms with E-state index in [0.717, 1.165) is 6.54 Å². The number of hydrogen-bond acceptors (Lipinski definition) is 0. The van der Waals surface area contributed by atoms with Crippen LogP contribution in [-0.4, -0.2) is 7.25 Å². The van der Waals surface area contributed by atoms with Crippen LogP contribution in [0.2, 0.25) is 0 Å². The van der Waals surface area contributed by atoms with E-state index < -0.39 is 7.25 Å². The van der Waals surface area contributed by atoms with Gasteiger partial charge in [-0.3, -0.25) is 0 Å². The molecule has 6 heteroatoms. The van der Waals surface area contributed by atoms with Crippen molar-refractivity contribution in [1.29, 1.82) is 0 Å². The molecule has 0 radical (unpaired) electrons. The lowest BCUT2D eigenvalue weighted by Crippen LogP contribution is -2.32. The molecule has 1 heterocycles. The molecule has 0 saturated heterocycles. The average Bonchev–Trinajstić information content (AvgIpc) is 2.19. The monoisotopic (exact) mass is 251 g/mol. The Morgan fingerprint density at radius 3 is 1.94 bits per heavy atom. The number of hydrogen-bond donors (Lipinski definition) is 0. The summed E-state index contributed by atoms with van der Waals surface area (Å²) in [6.07, 6.45) is 8.24. The van der Waals surface area contributed by atoms with Gasteiger partial charge in [-0.25, -0.2) is 4.57 Å². The minimum Gasteiger partial charge on any atom is -0.418 e. The van der Waals surface area contributed by atoms with Crippen LogP contribution in [0, 0.1) is 6.92 Å². The fourth-order valence-electron chi connectivity index (χ4n) is 1.23. The Bertz CT molecular complexity index is 291. The van der Waals surface area contributed by atoms with Crippen LogP contribution in [-0.2, 0) is 6.54 Å². The molecule has 0 saturated carbocycles. The minimum atomic E-state index is -6.00. The van der Waals surface area contributed by atoms with Crippen LogP contribution in [0.15, 0.2) is 24.5 Å². The van der Waals surface area contributed by atoms with E-state index in [2.05, 4.69) is 42.9 Å². The van der Waals surface area contributed by atoms with Gasteiger partial charge in [-0.1, -0.05) is 13.3 Å². The smallest absolute Gasteiger partial charge is 0.418 e. The highest BCUT2D eigenvalue weighted by atomic mass is 19.5. The molecule has 98 valence electrons. The first-order valence-electron chi connectivity index (χ1n) is 5.66. The summed E-state index contributed by atoms with van der Waals surface area (Å²) < 4.78 is 41.3. The normalized spacial score (nSPS) is 10.7. The Labute approximate surface area is 99.6 Å². The van der Waals surface area contributed by atoms with E-state index >= 15 is 0 Å². The van der Waals surface area contributed by atoms with Crippen molar-refractivity contribution < 1.29 is 21.8 Å². The van der Waals surface area contributed by atoms with E-state index in [9.17, 15) is 17.3 Å². The number of halogens is 4. The minimum absolute atomic E-state index is 1.16. The van der Waals surface area contributed by atoms with Crippen molar-refractivity contribution in [2.75, 3.05) is 0 Å². The first-order chi connectivity index (χ1) is 7.83. The molecular weight excluding hydrogens is 233 g/mol. The molecule has 1 nitrogen and oxygen atoms in total. The van der Waals surface area contributed by atoms with Crippen LogP contribution in [0.25, 0.3) is 0 Å². The Balaban J connectivity index is 0.000000437. The number of nitrogens with zero attached hydrogens (tertiary/aromatic N) is 1. The second kappa shape index (κ2) is 8.09. The summed E-state index contributed by atoms with van der Waals surface area (Å²) in [5.41, 5.74) is 1.33. The van der Waals surface area contributed by atoms with Crippen molar-refractivity contribution in [3.63, 3.8) is 0 Å². The molecule has 17 heavy (non-hydrogen) atoms. The van der Waals surface area contributed by atoms with Gasteiger partial charge in [0.15, 0.2) is 12.4 Å². The van der Waals surface area contributed by atoms with Gasteiger partial charge >= 0.3 is 7.25 Å². The summed E-state index contributed by atoms with van der Waals surface area (Å²) in [5.74, 6) is 0. The molecule has 0 spiro atoms. The SMILES string of the molecule is CCCCC[n+]1ccc(C)cc1.F[B-](F)(F)F. The van der Waals surface area contributed by atoms with Crippen molar-refractivity contribution >= 4 is 7.25 Å². The standard InChI is InChI=1S/C11H18N.BF4/c1-3-4-5-8-12-9-6-11(2)7-10-12;2-1(3,4)5/h6-7,9-10H,3-5,8H2,1-2H3;/q+1;-1. The predicted octanol–water partition coefficient (Wildman–Crippen LogP) is 3.77.